The summed E-state index contributed by atoms with van der Waals surface area (Å²) in [5.74, 6) is -5.88. The minimum Gasteiger partial charge on any atom is -0.369 e. The molecule has 1 aromatic heterocycles. The molecular formula is C21H21F3N4O3. The average molecular weight is 434 g/mol. The van der Waals surface area contributed by atoms with E-state index in [2.05, 4.69) is 4.98 Å². The molecule has 2 aliphatic rings. The van der Waals surface area contributed by atoms with Gasteiger partial charge in [-0.05, 0) is 36.8 Å². The SMILES string of the molecule is CC1(C(N)=O)C(c2ccc(C3CCN(c4ncc(F)cc4[N+](=O)[O-])CC3)cc2)C1(F)F. The summed E-state index contributed by atoms with van der Waals surface area (Å²) in [5.41, 5.74) is 4.30. The van der Waals surface area contributed by atoms with Gasteiger partial charge in [0.15, 0.2) is 0 Å². The van der Waals surface area contributed by atoms with Crippen LogP contribution >= 0.6 is 0 Å². The van der Waals surface area contributed by atoms with E-state index in [1.54, 1.807) is 29.2 Å². The number of anilines is 1. The zero-order chi connectivity index (χ0) is 22.6. The van der Waals surface area contributed by atoms with Gasteiger partial charge in [-0.15, -0.1) is 0 Å². The molecule has 1 aliphatic heterocycles. The fraction of sp³-hybridized carbons (Fsp3) is 0.429. The van der Waals surface area contributed by atoms with Gasteiger partial charge in [-0.3, -0.25) is 14.9 Å². The second kappa shape index (κ2) is 7.21. The van der Waals surface area contributed by atoms with Gasteiger partial charge < -0.3 is 10.6 Å². The minimum absolute atomic E-state index is 0.141. The summed E-state index contributed by atoms with van der Waals surface area (Å²) in [7, 11) is 0. The average Bonchev–Trinajstić information content (AvgIpc) is 3.21. The maximum atomic E-state index is 14.2. The van der Waals surface area contributed by atoms with Crippen LogP contribution in [-0.4, -0.2) is 34.8 Å². The molecule has 0 radical (unpaired) electrons. The number of hydrogen-bond acceptors (Lipinski definition) is 5. The molecule has 1 saturated carbocycles. The largest absolute Gasteiger partial charge is 0.369 e. The molecule has 2 aromatic rings. The molecule has 2 heterocycles. The van der Waals surface area contributed by atoms with Crippen molar-refractivity contribution in [3.05, 3.63) is 63.6 Å². The van der Waals surface area contributed by atoms with Gasteiger partial charge in [0, 0.05) is 13.1 Å². The van der Waals surface area contributed by atoms with Gasteiger partial charge in [-0.1, -0.05) is 24.3 Å². The summed E-state index contributed by atoms with van der Waals surface area (Å²) in [6, 6.07) is 7.65. The lowest BCUT2D eigenvalue weighted by atomic mass is 9.88. The first-order valence-corrected chi connectivity index (χ1v) is 9.89. The van der Waals surface area contributed by atoms with Crippen LogP contribution in [0, 0.1) is 21.3 Å². The highest BCUT2D eigenvalue weighted by atomic mass is 19.3. The molecule has 1 saturated heterocycles. The fourth-order valence-corrected chi connectivity index (χ4v) is 4.56. The van der Waals surface area contributed by atoms with E-state index in [-0.39, 0.29) is 17.4 Å². The van der Waals surface area contributed by atoms with Crippen molar-refractivity contribution in [3.63, 3.8) is 0 Å². The summed E-state index contributed by atoms with van der Waals surface area (Å²) in [4.78, 5) is 27.7. The Balaban J connectivity index is 1.45. The Morgan fingerprint density at radius 3 is 2.32 bits per heavy atom. The number of carbonyl (C=O) groups is 1. The first-order valence-electron chi connectivity index (χ1n) is 9.89. The molecule has 4 rings (SSSR count). The first kappa shape index (κ1) is 21.1. The van der Waals surface area contributed by atoms with E-state index in [4.69, 9.17) is 5.73 Å². The third-order valence-electron chi connectivity index (χ3n) is 6.61. The number of nitrogens with two attached hydrogens (primary N) is 1. The smallest absolute Gasteiger partial charge is 0.314 e. The van der Waals surface area contributed by atoms with Crippen molar-refractivity contribution in [1.29, 1.82) is 0 Å². The van der Waals surface area contributed by atoms with Crippen LogP contribution in [0.1, 0.15) is 42.7 Å². The maximum Gasteiger partial charge on any atom is 0.314 e. The van der Waals surface area contributed by atoms with E-state index in [0.29, 0.717) is 31.5 Å². The van der Waals surface area contributed by atoms with Crippen molar-refractivity contribution in [2.45, 2.75) is 37.5 Å². The molecule has 2 N–H and O–H groups in total. The number of pyridine rings is 1. The summed E-state index contributed by atoms with van der Waals surface area (Å²) in [6.07, 6.45) is 2.31. The third kappa shape index (κ3) is 3.30. The second-order valence-electron chi connectivity index (χ2n) is 8.30. The maximum absolute atomic E-state index is 14.2. The number of halogens is 3. The molecule has 2 unspecified atom stereocenters. The minimum atomic E-state index is -3.16. The number of aromatic nitrogens is 1. The summed E-state index contributed by atoms with van der Waals surface area (Å²) >= 11 is 0. The number of piperidine rings is 1. The molecule has 2 atom stereocenters. The van der Waals surface area contributed by atoms with Gasteiger partial charge in [0.1, 0.15) is 11.2 Å². The second-order valence-corrected chi connectivity index (χ2v) is 8.30. The van der Waals surface area contributed by atoms with E-state index in [9.17, 15) is 28.1 Å². The van der Waals surface area contributed by atoms with Crippen LogP contribution in [-0.2, 0) is 4.79 Å². The van der Waals surface area contributed by atoms with Crippen LogP contribution in [0.5, 0.6) is 0 Å². The number of rotatable bonds is 5. The fourth-order valence-electron chi connectivity index (χ4n) is 4.56. The summed E-state index contributed by atoms with van der Waals surface area (Å²) < 4.78 is 41.7. The van der Waals surface area contributed by atoms with E-state index in [0.717, 1.165) is 17.8 Å². The number of benzene rings is 1. The molecule has 164 valence electrons. The topological polar surface area (TPSA) is 102 Å². The molecule has 2 fully saturated rings. The Bertz CT molecular complexity index is 1040. The first-order chi connectivity index (χ1) is 14.6. The lowest BCUT2D eigenvalue weighted by Gasteiger charge is -2.32. The molecule has 1 amide bonds. The van der Waals surface area contributed by atoms with Crippen molar-refractivity contribution in [3.8, 4) is 0 Å². The van der Waals surface area contributed by atoms with Crippen LogP contribution in [0.3, 0.4) is 0 Å². The predicted octanol–water partition coefficient (Wildman–Crippen LogP) is 3.74. The predicted molar refractivity (Wildman–Crippen MR) is 106 cm³/mol. The van der Waals surface area contributed by atoms with Crippen molar-refractivity contribution >= 4 is 17.4 Å². The zero-order valence-electron chi connectivity index (χ0n) is 16.7. The number of primary amides is 1. The lowest BCUT2D eigenvalue weighted by molar-refractivity contribution is -0.384. The van der Waals surface area contributed by atoms with Gasteiger partial charge in [-0.2, -0.15) is 0 Å². The molecule has 10 heteroatoms. The van der Waals surface area contributed by atoms with Crippen LogP contribution in [0.2, 0.25) is 0 Å². The molecule has 7 nitrogen and oxygen atoms in total. The van der Waals surface area contributed by atoms with Gasteiger partial charge in [0.25, 0.3) is 5.92 Å². The van der Waals surface area contributed by atoms with Gasteiger partial charge in [0.05, 0.1) is 23.1 Å². The van der Waals surface area contributed by atoms with Gasteiger partial charge in [0.2, 0.25) is 11.7 Å². The Labute approximate surface area is 176 Å². The van der Waals surface area contributed by atoms with Gasteiger partial charge >= 0.3 is 5.69 Å². The van der Waals surface area contributed by atoms with E-state index in [1.807, 2.05) is 0 Å². The highest BCUT2D eigenvalue weighted by Crippen LogP contribution is 2.70. The molecular weight excluding hydrogens is 413 g/mol. The highest BCUT2D eigenvalue weighted by Gasteiger charge is 2.81. The van der Waals surface area contributed by atoms with E-state index >= 15 is 0 Å². The van der Waals surface area contributed by atoms with Gasteiger partial charge in [-0.25, -0.2) is 18.2 Å². The number of nitro groups is 1. The third-order valence-corrected chi connectivity index (χ3v) is 6.61. The Kier molecular flexibility index (Phi) is 4.90. The molecule has 31 heavy (non-hydrogen) atoms. The Morgan fingerprint density at radius 2 is 1.81 bits per heavy atom. The summed E-state index contributed by atoms with van der Waals surface area (Å²) in [6.45, 7) is 2.17. The molecule has 0 spiro atoms. The van der Waals surface area contributed by atoms with Crippen LogP contribution in [0.15, 0.2) is 36.5 Å². The van der Waals surface area contributed by atoms with Crippen molar-refractivity contribution in [2.75, 3.05) is 18.0 Å². The number of alkyl halides is 2. The van der Waals surface area contributed by atoms with Crippen LogP contribution < -0.4 is 10.6 Å². The van der Waals surface area contributed by atoms with E-state index < -0.39 is 33.9 Å². The van der Waals surface area contributed by atoms with Crippen molar-refractivity contribution in [1.82, 2.24) is 4.98 Å². The van der Waals surface area contributed by atoms with E-state index in [1.165, 1.54) is 6.92 Å². The molecule has 1 aliphatic carbocycles. The molecule has 0 bridgehead atoms. The number of amides is 1. The number of carbonyl (C=O) groups excluding carboxylic acids is 1. The number of hydrogen-bond donors (Lipinski definition) is 1. The lowest BCUT2D eigenvalue weighted by Crippen LogP contribution is -2.34. The standard InChI is InChI=1S/C21H21F3N4O3/c1-20(19(25)29)17(21(20,23)24)14-4-2-12(3-5-14)13-6-8-27(9-7-13)18-16(28(30)31)10-15(22)11-26-18/h2-5,10-11,13,17H,6-9H2,1H3,(H2,25,29). The number of nitrogens with zero attached hydrogens (tertiary/aromatic N) is 3. The quantitative estimate of drug-likeness (QED) is 0.571. The highest BCUT2D eigenvalue weighted by molar-refractivity contribution is 5.88. The van der Waals surface area contributed by atoms with Crippen LogP contribution in [0.4, 0.5) is 24.7 Å². The molecule has 1 aromatic carbocycles. The van der Waals surface area contributed by atoms with Crippen LogP contribution in [0.25, 0.3) is 0 Å². The normalized spacial score (nSPS) is 25.3. The van der Waals surface area contributed by atoms with Crippen molar-refractivity contribution < 1.29 is 22.9 Å². The summed E-state index contributed by atoms with van der Waals surface area (Å²) in [5, 5.41) is 11.2. The Hall–Kier alpha value is -3.17. The monoisotopic (exact) mass is 434 g/mol. The Morgan fingerprint density at radius 1 is 1.23 bits per heavy atom. The van der Waals surface area contributed by atoms with Crippen molar-refractivity contribution in [2.24, 2.45) is 11.1 Å². The zero-order valence-corrected chi connectivity index (χ0v) is 16.7.